The van der Waals surface area contributed by atoms with Crippen LogP contribution in [0.5, 0.6) is 5.75 Å². The maximum Gasteiger partial charge on any atom is 0.337 e. The number of ether oxygens (including phenoxy) is 2. The molecular weight excluding hydrogens is 356 g/mol. The number of rotatable bonds is 2. The first kappa shape index (κ1) is 18.3. The summed E-state index contributed by atoms with van der Waals surface area (Å²) in [6.07, 6.45) is 3.34. The van der Waals surface area contributed by atoms with E-state index in [1.165, 1.54) is 7.11 Å². The van der Waals surface area contributed by atoms with Crippen molar-refractivity contribution in [2.75, 3.05) is 25.5 Å². The summed E-state index contributed by atoms with van der Waals surface area (Å²) >= 11 is 0. The number of para-hydroxylation sites is 1. The molecule has 2 aliphatic heterocycles. The minimum Gasteiger partial charge on any atom is -0.487 e. The molecule has 6 heteroatoms. The molecule has 0 atom stereocenters. The monoisotopic (exact) mass is 380 g/mol. The highest BCUT2D eigenvalue weighted by Gasteiger charge is 2.40. The van der Waals surface area contributed by atoms with Crippen molar-refractivity contribution in [1.29, 1.82) is 0 Å². The van der Waals surface area contributed by atoms with Crippen molar-refractivity contribution in [3.8, 4) is 5.75 Å². The van der Waals surface area contributed by atoms with Gasteiger partial charge < -0.3 is 19.7 Å². The van der Waals surface area contributed by atoms with Gasteiger partial charge in [0.25, 0.3) is 0 Å². The van der Waals surface area contributed by atoms with Crippen LogP contribution in [0.3, 0.4) is 0 Å². The first-order valence-electron chi connectivity index (χ1n) is 9.60. The first-order chi connectivity index (χ1) is 13.6. The smallest absolute Gasteiger partial charge is 0.337 e. The normalized spacial score (nSPS) is 17.4. The largest absolute Gasteiger partial charge is 0.487 e. The van der Waals surface area contributed by atoms with E-state index in [0.29, 0.717) is 18.7 Å². The third kappa shape index (κ3) is 3.67. The molecule has 2 heterocycles. The number of esters is 1. The van der Waals surface area contributed by atoms with Crippen molar-refractivity contribution in [3.63, 3.8) is 0 Å². The molecule has 1 N–H and O–H groups in total. The van der Waals surface area contributed by atoms with Crippen LogP contribution in [0.4, 0.5) is 10.5 Å². The minimum absolute atomic E-state index is 0.0695. The van der Waals surface area contributed by atoms with Crippen molar-refractivity contribution in [2.24, 2.45) is 0 Å². The highest BCUT2D eigenvalue weighted by Crippen LogP contribution is 2.39. The number of piperidine rings is 1. The summed E-state index contributed by atoms with van der Waals surface area (Å²) in [5.41, 5.74) is 2.16. The molecule has 28 heavy (non-hydrogen) atoms. The van der Waals surface area contributed by atoms with Gasteiger partial charge in [-0.1, -0.05) is 18.2 Å². The number of fused-ring (bicyclic) bond motifs is 1. The maximum atomic E-state index is 12.5. The molecule has 4 rings (SSSR count). The van der Waals surface area contributed by atoms with Gasteiger partial charge >= 0.3 is 12.0 Å². The van der Waals surface area contributed by atoms with Crippen LogP contribution in [-0.4, -0.2) is 42.7 Å². The number of amides is 2. The zero-order chi connectivity index (χ0) is 19.6. The minimum atomic E-state index is -0.333. The van der Waals surface area contributed by atoms with E-state index < -0.39 is 0 Å². The number of anilines is 1. The van der Waals surface area contributed by atoms with E-state index in [4.69, 9.17) is 9.47 Å². The van der Waals surface area contributed by atoms with Crippen molar-refractivity contribution < 1.29 is 19.1 Å². The Kier molecular flexibility index (Phi) is 4.94. The van der Waals surface area contributed by atoms with Crippen LogP contribution >= 0.6 is 0 Å². The fraction of sp³-hybridized carbons (Fsp3) is 0.364. The van der Waals surface area contributed by atoms with Gasteiger partial charge in [0.15, 0.2) is 0 Å². The lowest BCUT2D eigenvalue weighted by Crippen LogP contribution is -2.52. The highest BCUT2D eigenvalue weighted by atomic mass is 16.5. The first-order valence-corrected chi connectivity index (χ1v) is 9.60. The van der Waals surface area contributed by atoms with E-state index in [0.717, 1.165) is 42.7 Å². The number of urea groups is 1. The van der Waals surface area contributed by atoms with E-state index >= 15 is 0 Å². The topological polar surface area (TPSA) is 67.9 Å². The number of aryl methyl sites for hydroxylation is 1. The second-order valence-corrected chi connectivity index (χ2v) is 7.38. The van der Waals surface area contributed by atoms with Gasteiger partial charge in [0, 0.05) is 31.6 Å². The van der Waals surface area contributed by atoms with Crippen LogP contribution < -0.4 is 10.1 Å². The van der Waals surface area contributed by atoms with Gasteiger partial charge in [-0.05, 0) is 48.7 Å². The number of nitrogens with one attached hydrogen (secondary N) is 1. The highest BCUT2D eigenvalue weighted by molar-refractivity contribution is 5.90. The van der Waals surface area contributed by atoms with Gasteiger partial charge in [-0.15, -0.1) is 0 Å². The predicted octanol–water partition coefficient (Wildman–Crippen LogP) is 3.86. The van der Waals surface area contributed by atoms with Gasteiger partial charge in [-0.2, -0.15) is 0 Å². The Morgan fingerprint density at radius 3 is 2.54 bits per heavy atom. The molecule has 1 saturated heterocycles. The number of hydrogen-bond acceptors (Lipinski definition) is 4. The van der Waals surface area contributed by atoms with Crippen LogP contribution in [0.2, 0.25) is 0 Å². The number of likely N-dealkylation sites (tertiary alicyclic amines) is 1. The lowest BCUT2D eigenvalue weighted by atomic mass is 9.83. The maximum absolute atomic E-state index is 12.5. The summed E-state index contributed by atoms with van der Waals surface area (Å²) < 4.78 is 11.2. The van der Waals surface area contributed by atoms with E-state index in [-0.39, 0.29) is 17.6 Å². The molecule has 2 aromatic carbocycles. The fourth-order valence-electron chi connectivity index (χ4n) is 3.96. The second-order valence-electron chi connectivity index (χ2n) is 7.38. The number of carbonyl (C=O) groups excluding carboxylic acids is 2. The molecule has 0 aliphatic carbocycles. The van der Waals surface area contributed by atoms with Crippen LogP contribution in [0.15, 0.2) is 48.5 Å². The van der Waals surface area contributed by atoms with Crippen LogP contribution in [0, 0.1) is 0 Å². The average Bonchev–Trinajstić information content (AvgIpc) is 2.74. The number of methoxy groups -OCH3 is 1. The molecule has 1 fully saturated rings. The Morgan fingerprint density at radius 1 is 1.07 bits per heavy atom. The molecule has 1 spiro atoms. The summed E-state index contributed by atoms with van der Waals surface area (Å²) in [7, 11) is 1.38. The summed E-state index contributed by atoms with van der Waals surface area (Å²) in [6, 6.07) is 14.9. The number of hydrogen-bond donors (Lipinski definition) is 1. The van der Waals surface area contributed by atoms with Crippen LogP contribution in [0.25, 0.3) is 0 Å². The third-order valence-corrected chi connectivity index (χ3v) is 5.64. The fourth-order valence-corrected chi connectivity index (χ4v) is 3.96. The molecule has 0 aromatic heterocycles. The number of carbonyl (C=O) groups is 2. The van der Waals surface area contributed by atoms with E-state index in [2.05, 4.69) is 5.32 Å². The number of nitrogens with zero attached hydrogens (tertiary/aromatic N) is 1. The Hall–Kier alpha value is -3.02. The molecular formula is C22H24N2O4. The van der Waals surface area contributed by atoms with E-state index in [1.807, 2.05) is 47.4 Å². The quantitative estimate of drug-likeness (QED) is 0.803. The zero-order valence-corrected chi connectivity index (χ0v) is 15.9. The van der Waals surface area contributed by atoms with Gasteiger partial charge in [0.1, 0.15) is 11.4 Å². The molecule has 146 valence electrons. The second kappa shape index (κ2) is 7.54. The summed E-state index contributed by atoms with van der Waals surface area (Å²) in [5.74, 6) is 0.502. The Balaban J connectivity index is 1.38. The predicted molar refractivity (Wildman–Crippen MR) is 106 cm³/mol. The zero-order valence-electron chi connectivity index (χ0n) is 15.9. The summed E-state index contributed by atoms with van der Waals surface area (Å²) in [6.45, 7) is 1.32. The van der Waals surface area contributed by atoms with Gasteiger partial charge in [0.2, 0.25) is 0 Å². The van der Waals surface area contributed by atoms with E-state index in [1.54, 1.807) is 6.07 Å². The standard InChI is InChI=1S/C22H24N2O4/c1-27-20(25)17-7-8-19-16(15-17)9-10-22(28-19)11-13-24(14-12-22)21(26)23-18-5-3-2-4-6-18/h2-8,15H,9-14H2,1H3,(H,23,26). The van der Waals surface area contributed by atoms with E-state index in [9.17, 15) is 9.59 Å². The molecule has 0 unspecified atom stereocenters. The molecule has 0 radical (unpaired) electrons. The van der Waals surface area contributed by atoms with Crippen LogP contribution in [-0.2, 0) is 11.2 Å². The summed E-state index contributed by atoms with van der Waals surface area (Å²) in [5, 5.41) is 2.94. The van der Waals surface area contributed by atoms with Gasteiger partial charge in [-0.25, -0.2) is 9.59 Å². The summed E-state index contributed by atoms with van der Waals surface area (Å²) in [4.78, 5) is 26.1. The molecule has 2 aromatic rings. The Morgan fingerprint density at radius 2 is 1.82 bits per heavy atom. The van der Waals surface area contributed by atoms with Crippen LogP contribution in [0.1, 0.15) is 35.2 Å². The molecule has 6 nitrogen and oxygen atoms in total. The lowest BCUT2D eigenvalue weighted by Gasteiger charge is -2.44. The molecule has 2 amide bonds. The number of benzene rings is 2. The average molecular weight is 380 g/mol. The van der Waals surface area contributed by atoms with Crippen molar-refractivity contribution in [2.45, 2.75) is 31.3 Å². The molecule has 0 bridgehead atoms. The lowest BCUT2D eigenvalue weighted by molar-refractivity contribution is -0.00437. The van der Waals surface area contributed by atoms with Gasteiger partial charge in [0.05, 0.1) is 12.7 Å². The van der Waals surface area contributed by atoms with Gasteiger partial charge in [-0.3, -0.25) is 0 Å². The Bertz CT molecular complexity index is 873. The molecule has 0 saturated carbocycles. The SMILES string of the molecule is COC(=O)c1ccc2c(c1)CCC1(CCN(C(=O)Nc3ccccc3)CC1)O2. The van der Waals surface area contributed by atoms with Crippen molar-refractivity contribution >= 4 is 17.7 Å². The Labute approximate surface area is 164 Å². The molecule has 2 aliphatic rings. The van der Waals surface area contributed by atoms with Crippen molar-refractivity contribution in [3.05, 3.63) is 59.7 Å². The third-order valence-electron chi connectivity index (χ3n) is 5.64. The van der Waals surface area contributed by atoms with Crippen molar-refractivity contribution in [1.82, 2.24) is 4.90 Å².